The standard InChI is InChI=1S/C22H36O2/c1-6-10-11-12-13-14-19(5)22(8-3,23-9-4)24-21-17-15-20(7-2)16-18-21/h14-18H,6-13H2,1-5H3/b19-14+. The van der Waals surface area contributed by atoms with Gasteiger partial charge >= 0.3 is 0 Å². The van der Waals surface area contributed by atoms with E-state index in [-0.39, 0.29) is 0 Å². The molecule has 0 aromatic heterocycles. The summed E-state index contributed by atoms with van der Waals surface area (Å²) in [6.45, 7) is 11.3. The van der Waals surface area contributed by atoms with Crippen LogP contribution in [0, 0.1) is 0 Å². The van der Waals surface area contributed by atoms with Gasteiger partial charge in [-0.3, -0.25) is 0 Å². The van der Waals surface area contributed by atoms with Crippen LogP contribution >= 0.6 is 0 Å². The molecule has 2 nitrogen and oxygen atoms in total. The molecule has 1 aromatic rings. The Hall–Kier alpha value is -1.28. The van der Waals surface area contributed by atoms with Gasteiger partial charge in [0.15, 0.2) is 0 Å². The van der Waals surface area contributed by atoms with Gasteiger partial charge in [-0.1, -0.05) is 58.2 Å². The molecule has 1 rings (SSSR count). The Balaban J connectivity index is 2.84. The second-order valence-corrected chi connectivity index (χ2v) is 6.38. The number of hydrogen-bond acceptors (Lipinski definition) is 2. The van der Waals surface area contributed by atoms with Crippen LogP contribution in [-0.2, 0) is 11.2 Å². The predicted octanol–water partition coefficient (Wildman–Crippen LogP) is 6.69. The maximum absolute atomic E-state index is 6.34. The molecule has 0 aliphatic heterocycles. The van der Waals surface area contributed by atoms with Crippen molar-refractivity contribution in [2.24, 2.45) is 0 Å². The zero-order chi connectivity index (χ0) is 17.8. The second kappa shape index (κ2) is 11.3. The summed E-state index contributed by atoms with van der Waals surface area (Å²) in [5, 5.41) is 0. The number of ether oxygens (including phenoxy) is 2. The molecule has 2 heteroatoms. The molecule has 0 aliphatic carbocycles. The van der Waals surface area contributed by atoms with E-state index in [4.69, 9.17) is 9.47 Å². The lowest BCUT2D eigenvalue weighted by Crippen LogP contribution is -2.40. The van der Waals surface area contributed by atoms with Crippen molar-refractivity contribution in [2.75, 3.05) is 6.61 Å². The van der Waals surface area contributed by atoms with Crippen LogP contribution in [0.2, 0.25) is 0 Å². The minimum Gasteiger partial charge on any atom is -0.458 e. The molecular formula is C22H36O2. The Kier molecular flexibility index (Phi) is 9.78. The van der Waals surface area contributed by atoms with E-state index >= 15 is 0 Å². The minimum atomic E-state index is -0.646. The highest BCUT2D eigenvalue weighted by molar-refractivity contribution is 5.29. The molecule has 1 unspecified atom stereocenters. The maximum Gasteiger partial charge on any atom is 0.232 e. The Morgan fingerprint density at radius 3 is 2.25 bits per heavy atom. The average Bonchev–Trinajstić information content (AvgIpc) is 2.61. The van der Waals surface area contributed by atoms with E-state index in [0.29, 0.717) is 6.61 Å². The lowest BCUT2D eigenvalue weighted by atomic mass is 10.0. The largest absolute Gasteiger partial charge is 0.458 e. The molecule has 0 radical (unpaired) electrons. The summed E-state index contributed by atoms with van der Waals surface area (Å²) in [7, 11) is 0. The molecule has 0 amide bonds. The van der Waals surface area contributed by atoms with Crippen molar-refractivity contribution in [1.29, 1.82) is 0 Å². The number of unbranched alkanes of at least 4 members (excludes halogenated alkanes) is 4. The van der Waals surface area contributed by atoms with Gasteiger partial charge in [-0.15, -0.1) is 0 Å². The zero-order valence-corrected chi connectivity index (χ0v) is 16.4. The van der Waals surface area contributed by atoms with E-state index in [0.717, 1.165) is 25.0 Å². The van der Waals surface area contributed by atoms with E-state index < -0.39 is 5.79 Å². The summed E-state index contributed by atoms with van der Waals surface area (Å²) in [4.78, 5) is 0. The van der Waals surface area contributed by atoms with Crippen LogP contribution in [0.25, 0.3) is 0 Å². The quantitative estimate of drug-likeness (QED) is 0.241. The van der Waals surface area contributed by atoms with Crippen LogP contribution in [0.15, 0.2) is 35.9 Å². The SMILES string of the molecule is CCCCCC/C=C(\C)C(CC)(OCC)Oc1ccc(CC)cc1. The minimum absolute atomic E-state index is 0.641. The summed E-state index contributed by atoms with van der Waals surface area (Å²) >= 11 is 0. The van der Waals surface area contributed by atoms with Gasteiger partial charge in [-0.05, 0) is 56.4 Å². The third kappa shape index (κ3) is 6.32. The Bertz CT molecular complexity index is 475. The first-order chi connectivity index (χ1) is 11.6. The second-order valence-electron chi connectivity index (χ2n) is 6.38. The van der Waals surface area contributed by atoms with Gasteiger partial charge in [0.1, 0.15) is 5.75 Å². The molecule has 24 heavy (non-hydrogen) atoms. The first-order valence-electron chi connectivity index (χ1n) is 9.70. The van der Waals surface area contributed by atoms with Gasteiger partial charge in [0, 0.05) is 13.0 Å². The van der Waals surface area contributed by atoms with E-state index in [1.54, 1.807) is 0 Å². The van der Waals surface area contributed by atoms with E-state index in [1.165, 1.54) is 36.8 Å². The van der Waals surface area contributed by atoms with Gasteiger partial charge in [0.25, 0.3) is 0 Å². The van der Waals surface area contributed by atoms with Crippen molar-refractivity contribution in [3.05, 3.63) is 41.5 Å². The van der Waals surface area contributed by atoms with E-state index in [1.807, 2.05) is 6.92 Å². The number of hydrogen-bond donors (Lipinski definition) is 0. The fourth-order valence-electron chi connectivity index (χ4n) is 2.94. The molecule has 0 aliphatic rings. The molecular weight excluding hydrogens is 296 g/mol. The molecule has 0 heterocycles. The predicted molar refractivity (Wildman–Crippen MR) is 104 cm³/mol. The van der Waals surface area contributed by atoms with Gasteiger partial charge in [-0.25, -0.2) is 0 Å². The molecule has 0 saturated carbocycles. The van der Waals surface area contributed by atoms with Crippen molar-refractivity contribution in [3.8, 4) is 5.75 Å². The first-order valence-corrected chi connectivity index (χ1v) is 9.70. The van der Waals surface area contributed by atoms with Gasteiger partial charge < -0.3 is 9.47 Å². The van der Waals surface area contributed by atoms with Gasteiger partial charge in [0.05, 0.1) is 0 Å². The van der Waals surface area contributed by atoms with Crippen molar-refractivity contribution in [3.63, 3.8) is 0 Å². The average molecular weight is 333 g/mol. The highest BCUT2D eigenvalue weighted by Gasteiger charge is 2.33. The lowest BCUT2D eigenvalue weighted by Gasteiger charge is -2.34. The fraction of sp³-hybridized carbons (Fsp3) is 0.636. The number of benzene rings is 1. The molecule has 136 valence electrons. The van der Waals surface area contributed by atoms with Crippen LogP contribution < -0.4 is 4.74 Å². The summed E-state index contributed by atoms with van der Waals surface area (Å²) in [5.74, 6) is 0.231. The van der Waals surface area contributed by atoms with Crippen molar-refractivity contribution in [2.45, 2.75) is 85.4 Å². The molecule has 0 bridgehead atoms. The summed E-state index contributed by atoms with van der Waals surface area (Å²) < 4.78 is 12.4. The van der Waals surface area contributed by atoms with Crippen molar-refractivity contribution >= 4 is 0 Å². The van der Waals surface area contributed by atoms with Crippen molar-refractivity contribution in [1.82, 2.24) is 0 Å². The molecule has 0 fully saturated rings. The maximum atomic E-state index is 6.34. The van der Waals surface area contributed by atoms with Crippen LogP contribution in [0.1, 0.15) is 78.7 Å². The topological polar surface area (TPSA) is 18.5 Å². The van der Waals surface area contributed by atoms with Crippen molar-refractivity contribution < 1.29 is 9.47 Å². The van der Waals surface area contributed by atoms with E-state index in [2.05, 4.69) is 58.0 Å². The van der Waals surface area contributed by atoms with Gasteiger partial charge in [-0.2, -0.15) is 0 Å². The number of aryl methyl sites for hydroxylation is 1. The lowest BCUT2D eigenvalue weighted by molar-refractivity contribution is -0.153. The summed E-state index contributed by atoms with van der Waals surface area (Å²) in [6.07, 6.45) is 10.4. The third-order valence-electron chi connectivity index (χ3n) is 4.57. The smallest absolute Gasteiger partial charge is 0.232 e. The Morgan fingerprint density at radius 1 is 1.00 bits per heavy atom. The van der Waals surface area contributed by atoms with Crippen LogP contribution in [0.3, 0.4) is 0 Å². The first kappa shape index (κ1) is 20.8. The van der Waals surface area contributed by atoms with Gasteiger partial charge in [0.2, 0.25) is 5.79 Å². The fourth-order valence-corrected chi connectivity index (χ4v) is 2.94. The monoisotopic (exact) mass is 332 g/mol. The number of rotatable bonds is 12. The summed E-state index contributed by atoms with van der Waals surface area (Å²) in [5.41, 5.74) is 2.51. The highest BCUT2D eigenvalue weighted by Crippen LogP contribution is 2.30. The third-order valence-corrected chi connectivity index (χ3v) is 4.57. The molecule has 0 N–H and O–H groups in total. The molecule has 1 atom stereocenters. The van der Waals surface area contributed by atoms with Crippen LogP contribution in [-0.4, -0.2) is 12.4 Å². The Morgan fingerprint density at radius 2 is 1.71 bits per heavy atom. The molecule has 1 aromatic carbocycles. The molecule has 0 saturated heterocycles. The molecule has 0 spiro atoms. The zero-order valence-electron chi connectivity index (χ0n) is 16.4. The normalized spacial score (nSPS) is 14.5. The Labute approximate surface area is 149 Å². The number of allylic oxidation sites excluding steroid dienone is 1. The van der Waals surface area contributed by atoms with E-state index in [9.17, 15) is 0 Å². The van der Waals surface area contributed by atoms with Crippen LogP contribution in [0.5, 0.6) is 5.75 Å². The summed E-state index contributed by atoms with van der Waals surface area (Å²) in [6, 6.07) is 8.37. The van der Waals surface area contributed by atoms with Crippen LogP contribution in [0.4, 0.5) is 0 Å². The highest BCUT2D eigenvalue weighted by atomic mass is 16.7.